The Morgan fingerprint density at radius 3 is 1.32 bits per heavy atom. The maximum Gasteiger partial charge on any atom is 0.188 e. The molecule has 5 rings (SSSR count). The smallest absolute Gasteiger partial charge is 0.188 e. The van der Waals surface area contributed by atoms with Crippen LogP contribution in [-0.2, 0) is 0 Å². The first-order valence-corrected chi connectivity index (χ1v) is 15.8. The van der Waals surface area contributed by atoms with Gasteiger partial charge in [-0.15, -0.1) is 0 Å². The Morgan fingerprint density at radius 2 is 0.950 bits per heavy atom. The van der Waals surface area contributed by atoms with E-state index in [0.717, 1.165) is 10.6 Å². The molecule has 0 radical (unpaired) electrons. The molecule has 0 aliphatic heterocycles. The zero-order valence-corrected chi connectivity index (χ0v) is 22.9. The van der Waals surface area contributed by atoms with Crippen LogP contribution in [0.1, 0.15) is 10.4 Å². The molecule has 0 fully saturated rings. The van der Waals surface area contributed by atoms with Gasteiger partial charge in [0.15, 0.2) is 29.6 Å². The average Bonchev–Trinajstić information content (AvgIpc) is 3.02. The molecule has 0 saturated carbocycles. The van der Waals surface area contributed by atoms with Crippen molar-refractivity contribution in [3.8, 4) is 0 Å². The van der Waals surface area contributed by atoms with Crippen LogP contribution in [0.5, 0.6) is 0 Å². The van der Waals surface area contributed by atoms with Crippen LogP contribution < -0.4 is 21.2 Å². The highest BCUT2D eigenvalue weighted by Gasteiger charge is 2.33. The van der Waals surface area contributed by atoms with Gasteiger partial charge in [-0.1, -0.05) is 121 Å². The summed E-state index contributed by atoms with van der Waals surface area (Å²) in [5.41, 5.74) is -2.36. The fourth-order valence-corrected chi connectivity index (χ4v) is 12.8. The van der Waals surface area contributed by atoms with Crippen LogP contribution in [0, 0.1) is 23.3 Å². The molecule has 2 nitrogen and oxygen atoms in total. The molecular weight excluding hydrogens is 552 g/mol. The molecule has 0 amide bonds. The SMILES string of the molecule is O=Cc1c(F)c(F)c(N=P(CP(c2ccccc2)c2ccccc2)(c2ccccc2)c2ccccc2)c(F)c1F. The zero-order chi connectivity index (χ0) is 28.1. The summed E-state index contributed by atoms with van der Waals surface area (Å²) in [5, 5.41) is 3.42. The van der Waals surface area contributed by atoms with E-state index in [9.17, 15) is 13.6 Å². The van der Waals surface area contributed by atoms with Crippen LogP contribution in [0.2, 0.25) is 0 Å². The molecule has 0 spiro atoms. The Labute approximate surface area is 231 Å². The van der Waals surface area contributed by atoms with Gasteiger partial charge in [0.1, 0.15) is 5.69 Å². The van der Waals surface area contributed by atoms with E-state index in [2.05, 4.69) is 0 Å². The van der Waals surface area contributed by atoms with Crippen LogP contribution in [0.3, 0.4) is 0 Å². The summed E-state index contributed by atoms with van der Waals surface area (Å²) in [5.74, 6) is -6.58. The van der Waals surface area contributed by atoms with Gasteiger partial charge in [-0.3, -0.25) is 9.54 Å². The Kier molecular flexibility index (Phi) is 8.40. The first-order chi connectivity index (χ1) is 19.5. The fourth-order valence-electron chi connectivity index (χ4n) is 4.54. The van der Waals surface area contributed by atoms with E-state index < -0.39 is 49.5 Å². The Morgan fingerprint density at radius 1 is 0.575 bits per heavy atom. The van der Waals surface area contributed by atoms with E-state index in [0.29, 0.717) is 16.5 Å². The second-order valence-electron chi connectivity index (χ2n) is 8.92. The van der Waals surface area contributed by atoms with Gasteiger partial charge < -0.3 is 0 Å². The van der Waals surface area contributed by atoms with Crippen molar-refractivity contribution in [1.29, 1.82) is 0 Å². The molecule has 0 heterocycles. The van der Waals surface area contributed by atoms with E-state index in [1.165, 1.54) is 0 Å². The van der Waals surface area contributed by atoms with Crippen molar-refractivity contribution in [1.82, 2.24) is 0 Å². The van der Waals surface area contributed by atoms with Gasteiger partial charge in [0.2, 0.25) is 0 Å². The van der Waals surface area contributed by atoms with Crippen LogP contribution >= 0.6 is 15.0 Å². The summed E-state index contributed by atoms with van der Waals surface area (Å²) in [6, 6.07) is 37.7. The number of nitrogens with zero attached hydrogens (tertiary/aromatic N) is 1. The van der Waals surface area contributed by atoms with E-state index >= 15 is 8.78 Å². The first kappa shape index (κ1) is 27.7. The Hall–Kier alpha value is -3.85. The predicted octanol–water partition coefficient (Wildman–Crippen LogP) is 7.63. The molecule has 0 bridgehead atoms. The third-order valence-corrected chi connectivity index (χ3v) is 14.0. The molecule has 40 heavy (non-hydrogen) atoms. The van der Waals surface area contributed by atoms with Gasteiger partial charge in [0.25, 0.3) is 0 Å². The summed E-state index contributed by atoms with van der Waals surface area (Å²) in [6.45, 7) is 0. The minimum Gasteiger partial charge on any atom is -0.298 e. The third-order valence-electron chi connectivity index (χ3n) is 6.51. The van der Waals surface area contributed by atoms with Crippen LogP contribution in [-0.4, -0.2) is 12.2 Å². The van der Waals surface area contributed by atoms with E-state index in [1.54, 1.807) is 24.3 Å². The molecule has 5 aromatic carbocycles. The number of carbonyl (C=O) groups is 1. The van der Waals surface area contributed by atoms with Crippen molar-refractivity contribution in [2.75, 3.05) is 5.90 Å². The van der Waals surface area contributed by atoms with Gasteiger partial charge in [-0.25, -0.2) is 17.6 Å². The van der Waals surface area contributed by atoms with Crippen LogP contribution in [0.25, 0.3) is 0 Å². The lowest BCUT2D eigenvalue weighted by atomic mass is 10.1. The minimum atomic E-state index is -3.17. The van der Waals surface area contributed by atoms with Crippen molar-refractivity contribution in [3.05, 3.63) is 150 Å². The van der Waals surface area contributed by atoms with Crippen LogP contribution in [0.4, 0.5) is 23.2 Å². The largest absolute Gasteiger partial charge is 0.298 e. The summed E-state index contributed by atoms with van der Waals surface area (Å²) < 4.78 is 65.2. The second kappa shape index (κ2) is 12.1. The normalized spacial score (nSPS) is 11.4. The Bertz CT molecular complexity index is 1570. The number of hydrogen-bond acceptors (Lipinski definition) is 2. The quantitative estimate of drug-likeness (QED) is 0.0810. The second-order valence-corrected chi connectivity index (χ2v) is 14.7. The fraction of sp³-hybridized carbons (Fsp3) is 0.0312. The Balaban J connectivity index is 1.90. The van der Waals surface area contributed by atoms with Crippen molar-refractivity contribution in [2.24, 2.45) is 4.74 Å². The van der Waals surface area contributed by atoms with E-state index in [-0.39, 0.29) is 6.29 Å². The molecule has 0 saturated heterocycles. The molecule has 0 aromatic heterocycles. The van der Waals surface area contributed by atoms with Gasteiger partial charge >= 0.3 is 0 Å². The number of aldehydes is 1. The van der Waals surface area contributed by atoms with E-state index in [4.69, 9.17) is 4.74 Å². The molecule has 0 aliphatic rings. The third kappa shape index (κ3) is 5.30. The summed E-state index contributed by atoms with van der Waals surface area (Å²) in [4.78, 5) is 11.2. The molecule has 0 unspecified atom stereocenters. The monoisotopic (exact) mass is 575 g/mol. The van der Waals surface area contributed by atoms with Gasteiger partial charge in [0.05, 0.1) is 5.56 Å². The molecule has 8 heteroatoms. The van der Waals surface area contributed by atoms with Crippen molar-refractivity contribution < 1.29 is 22.4 Å². The lowest BCUT2D eigenvalue weighted by molar-refractivity contribution is 0.111. The summed E-state index contributed by atoms with van der Waals surface area (Å²) in [6.07, 6.45) is -0.235. The number of carbonyl (C=O) groups excluding carboxylic acids is 1. The molecule has 0 N–H and O–H groups in total. The molecule has 0 aliphatic carbocycles. The molecule has 5 aromatic rings. The highest BCUT2D eigenvalue weighted by atomic mass is 31.2. The maximum atomic E-state index is 15.4. The molecular formula is C32H23F4NOP2. The summed E-state index contributed by atoms with van der Waals surface area (Å²) in [7, 11) is -4.33. The topological polar surface area (TPSA) is 29.4 Å². The predicted molar refractivity (Wildman–Crippen MR) is 157 cm³/mol. The number of hydrogen-bond donors (Lipinski definition) is 0. The van der Waals surface area contributed by atoms with Gasteiger partial charge in [-0.2, -0.15) is 0 Å². The zero-order valence-electron chi connectivity index (χ0n) is 21.1. The van der Waals surface area contributed by atoms with Gasteiger partial charge in [0, 0.05) is 13.0 Å². The maximum absolute atomic E-state index is 15.4. The van der Waals surface area contributed by atoms with Crippen LogP contribution in [0.15, 0.2) is 126 Å². The number of rotatable bonds is 8. The highest BCUT2D eigenvalue weighted by molar-refractivity contribution is 7.92. The molecule has 200 valence electrons. The van der Waals surface area contributed by atoms with Gasteiger partial charge in [-0.05, 0) is 29.1 Å². The number of benzene rings is 5. The van der Waals surface area contributed by atoms with E-state index in [1.807, 2.05) is 97.1 Å². The summed E-state index contributed by atoms with van der Waals surface area (Å²) >= 11 is 0. The average molecular weight is 575 g/mol. The number of halogens is 4. The van der Waals surface area contributed by atoms with Crippen molar-refractivity contribution >= 4 is 48.2 Å². The van der Waals surface area contributed by atoms with Crippen molar-refractivity contribution in [3.63, 3.8) is 0 Å². The standard InChI is InChI=1S/C32H23F4NOP2/c33-28-27(21-38)29(34)31(36)32(30(28)35)37-40(25-17-9-3-10-18-25,26-19-11-4-12-20-26)22-39(23-13-5-1-6-14-23)24-15-7-2-8-16-24/h1-21H,22H2. The first-order valence-electron chi connectivity index (χ1n) is 12.4. The highest BCUT2D eigenvalue weighted by Crippen LogP contribution is 2.59. The lowest BCUT2D eigenvalue weighted by Crippen LogP contribution is -2.23. The van der Waals surface area contributed by atoms with Crippen molar-refractivity contribution in [2.45, 2.75) is 0 Å². The lowest BCUT2D eigenvalue weighted by Gasteiger charge is -2.31. The minimum absolute atomic E-state index is 0.235. The molecule has 0 atom stereocenters.